The summed E-state index contributed by atoms with van der Waals surface area (Å²) in [7, 11) is -2.37. The van der Waals surface area contributed by atoms with E-state index in [9.17, 15) is 8.42 Å². The normalized spacial score (nSPS) is 11.3. The summed E-state index contributed by atoms with van der Waals surface area (Å²) in [5, 5.41) is 6.30. The van der Waals surface area contributed by atoms with E-state index in [4.69, 9.17) is 22.1 Å². The van der Waals surface area contributed by atoms with Crippen LogP contribution in [0.4, 0.5) is 11.5 Å². The van der Waals surface area contributed by atoms with Crippen molar-refractivity contribution in [1.82, 2.24) is 10.2 Å². The first-order valence-electron chi connectivity index (χ1n) is 5.09. The molecule has 0 aliphatic rings. The van der Waals surface area contributed by atoms with Crippen LogP contribution in [0.15, 0.2) is 29.3 Å². The second-order valence-electron chi connectivity index (χ2n) is 3.60. The van der Waals surface area contributed by atoms with Crippen LogP contribution in [0.5, 0.6) is 5.75 Å². The Labute approximate surface area is 114 Å². The SMILES string of the molecule is COc1cc(NS(=O)(=O)c2cn[nH]c2N)ccc1Cl. The fraction of sp³-hybridized carbons (Fsp3) is 0.100. The molecule has 2 rings (SSSR count). The zero-order valence-electron chi connectivity index (χ0n) is 9.84. The Morgan fingerprint density at radius 3 is 2.79 bits per heavy atom. The van der Waals surface area contributed by atoms with E-state index in [1.807, 2.05) is 0 Å². The van der Waals surface area contributed by atoms with Crippen molar-refractivity contribution < 1.29 is 13.2 Å². The number of aromatic amines is 1. The lowest BCUT2D eigenvalue weighted by Gasteiger charge is -2.09. The molecule has 0 radical (unpaired) electrons. The molecule has 7 nitrogen and oxygen atoms in total. The van der Waals surface area contributed by atoms with Gasteiger partial charge in [0.05, 0.1) is 24.0 Å². The number of halogens is 1. The average Bonchev–Trinajstić information content (AvgIpc) is 2.78. The van der Waals surface area contributed by atoms with Gasteiger partial charge in [0.2, 0.25) is 0 Å². The Balaban J connectivity index is 2.34. The predicted molar refractivity (Wildman–Crippen MR) is 71.8 cm³/mol. The molecule has 0 aliphatic heterocycles. The van der Waals surface area contributed by atoms with Crippen molar-refractivity contribution in [3.63, 3.8) is 0 Å². The summed E-state index contributed by atoms with van der Waals surface area (Å²) in [5.74, 6) is 0.329. The number of ether oxygens (including phenoxy) is 1. The van der Waals surface area contributed by atoms with E-state index in [-0.39, 0.29) is 10.7 Å². The first-order valence-corrected chi connectivity index (χ1v) is 6.95. The van der Waals surface area contributed by atoms with Crippen molar-refractivity contribution in [1.29, 1.82) is 0 Å². The average molecular weight is 303 g/mol. The fourth-order valence-corrected chi connectivity index (χ4v) is 2.70. The lowest BCUT2D eigenvalue weighted by Crippen LogP contribution is -2.13. The number of anilines is 2. The van der Waals surface area contributed by atoms with Crippen molar-refractivity contribution in [2.75, 3.05) is 17.6 Å². The molecule has 0 spiro atoms. The summed E-state index contributed by atoms with van der Waals surface area (Å²) >= 11 is 5.86. The largest absolute Gasteiger partial charge is 0.495 e. The summed E-state index contributed by atoms with van der Waals surface area (Å²) in [6.07, 6.45) is 1.13. The number of nitrogens with one attached hydrogen (secondary N) is 2. The molecule has 0 saturated heterocycles. The Morgan fingerprint density at radius 2 is 2.21 bits per heavy atom. The maximum Gasteiger partial charge on any atom is 0.267 e. The summed E-state index contributed by atoms with van der Waals surface area (Å²) in [5.41, 5.74) is 5.78. The number of hydrogen-bond acceptors (Lipinski definition) is 5. The van der Waals surface area contributed by atoms with Crippen LogP contribution in [0.3, 0.4) is 0 Å². The van der Waals surface area contributed by atoms with E-state index >= 15 is 0 Å². The molecule has 4 N–H and O–H groups in total. The Hall–Kier alpha value is -1.93. The molecule has 0 saturated carbocycles. The summed E-state index contributed by atoms with van der Waals surface area (Å²) in [6, 6.07) is 4.51. The standard InChI is InChI=1S/C10H11ClN4O3S/c1-18-8-4-6(2-3-7(8)11)15-19(16,17)9-5-13-14-10(9)12/h2-5,15H,1H3,(H3,12,13,14). The molecule has 0 bridgehead atoms. The summed E-state index contributed by atoms with van der Waals surface area (Å²) in [6.45, 7) is 0. The second kappa shape index (κ2) is 4.98. The lowest BCUT2D eigenvalue weighted by molar-refractivity contribution is 0.415. The van der Waals surface area contributed by atoms with Gasteiger partial charge in [-0.2, -0.15) is 5.10 Å². The molecule has 0 unspecified atom stereocenters. The number of nitrogens with zero attached hydrogens (tertiary/aromatic N) is 1. The van der Waals surface area contributed by atoms with Gasteiger partial charge in [-0.15, -0.1) is 0 Å². The molecule has 0 fully saturated rings. The van der Waals surface area contributed by atoms with Gasteiger partial charge < -0.3 is 10.5 Å². The van der Waals surface area contributed by atoms with Crippen LogP contribution in [0.25, 0.3) is 0 Å². The first-order chi connectivity index (χ1) is 8.94. The molecule has 2 aromatic rings. The topological polar surface area (TPSA) is 110 Å². The molecular weight excluding hydrogens is 292 g/mol. The van der Waals surface area contributed by atoms with Gasteiger partial charge in [0.25, 0.3) is 10.0 Å². The zero-order chi connectivity index (χ0) is 14.0. The number of benzene rings is 1. The number of nitrogens with two attached hydrogens (primary N) is 1. The Morgan fingerprint density at radius 1 is 1.47 bits per heavy atom. The van der Waals surface area contributed by atoms with Gasteiger partial charge in [-0.3, -0.25) is 9.82 Å². The van der Waals surface area contributed by atoms with Crippen LogP contribution in [0, 0.1) is 0 Å². The number of rotatable bonds is 4. The highest BCUT2D eigenvalue weighted by atomic mass is 35.5. The van der Waals surface area contributed by atoms with Crippen LogP contribution in [0.1, 0.15) is 0 Å². The van der Waals surface area contributed by atoms with Gasteiger partial charge in [0.15, 0.2) is 0 Å². The molecule has 0 aliphatic carbocycles. The van der Waals surface area contributed by atoms with Crippen LogP contribution in [-0.2, 0) is 10.0 Å². The minimum Gasteiger partial charge on any atom is -0.495 e. The Bertz CT molecular complexity index is 699. The second-order valence-corrected chi connectivity index (χ2v) is 5.66. The van der Waals surface area contributed by atoms with Gasteiger partial charge in [0, 0.05) is 6.07 Å². The smallest absolute Gasteiger partial charge is 0.267 e. The monoisotopic (exact) mass is 302 g/mol. The molecule has 0 atom stereocenters. The maximum atomic E-state index is 12.0. The van der Waals surface area contributed by atoms with Crippen LogP contribution < -0.4 is 15.2 Å². The summed E-state index contributed by atoms with van der Waals surface area (Å²) in [4.78, 5) is -0.124. The number of hydrogen-bond donors (Lipinski definition) is 3. The highest BCUT2D eigenvalue weighted by Crippen LogP contribution is 2.29. The number of H-pyrrole nitrogens is 1. The zero-order valence-corrected chi connectivity index (χ0v) is 11.4. The quantitative estimate of drug-likeness (QED) is 0.792. The van der Waals surface area contributed by atoms with Crippen molar-refractivity contribution in [3.8, 4) is 5.75 Å². The van der Waals surface area contributed by atoms with Crippen molar-refractivity contribution in [2.24, 2.45) is 0 Å². The van der Waals surface area contributed by atoms with Gasteiger partial charge in [-0.25, -0.2) is 8.42 Å². The van der Waals surface area contributed by atoms with Crippen molar-refractivity contribution in [2.45, 2.75) is 4.90 Å². The van der Waals surface area contributed by atoms with Gasteiger partial charge in [0.1, 0.15) is 16.5 Å². The number of sulfonamides is 1. The molecule has 102 valence electrons. The predicted octanol–water partition coefficient (Wildman–Crippen LogP) is 1.45. The highest BCUT2D eigenvalue weighted by Gasteiger charge is 2.19. The fourth-order valence-electron chi connectivity index (χ4n) is 1.43. The van der Waals surface area contributed by atoms with Crippen LogP contribution in [-0.4, -0.2) is 25.7 Å². The first kappa shape index (κ1) is 13.5. The number of methoxy groups -OCH3 is 1. The van der Waals surface area contributed by atoms with E-state index in [2.05, 4.69) is 14.9 Å². The minimum atomic E-state index is -3.81. The van der Waals surface area contributed by atoms with Gasteiger partial charge in [-0.05, 0) is 12.1 Å². The van der Waals surface area contributed by atoms with Gasteiger partial charge in [-0.1, -0.05) is 11.6 Å². The Kier molecular flexibility index (Phi) is 3.54. The van der Waals surface area contributed by atoms with Gasteiger partial charge >= 0.3 is 0 Å². The van der Waals surface area contributed by atoms with E-state index in [1.54, 1.807) is 0 Å². The number of nitrogen functional groups attached to an aromatic ring is 1. The third-order valence-corrected chi connectivity index (χ3v) is 4.05. The lowest BCUT2D eigenvalue weighted by atomic mass is 10.3. The summed E-state index contributed by atoms with van der Waals surface area (Å²) < 4.78 is 31.4. The van der Waals surface area contributed by atoms with Crippen LogP contribution in [0.2, 0.25) is 5.02 Å². The van der Waals surface area contributed by atoms with Crippen LogP contribution >= 0.6 is 11.6 Å². The molecule has 0 amide bonds. The molecule has 1 aromatic heterocycles. The molecule has 1 aromatic carbocycles. The molecule has 1 heterocycles. The third-order valence-electron chi connectivity index (χ3n) is 2.33. The van der Waals surface area contributed by atoms with E-state index in [0.29, 0.717) is 16.5 Å². The van der Waals surface area contributed by atoms with Crippen molar-refractivity contribution >= 4 is 33.1 Å². The molecular formula is C10H11ClN4O3S. The highest BCUT2D eigenvalue weighted by molar-refractivity contribution is 7.92. The van der Waals surface area contributed by atoms with Crippen molar-refractivity contribution in [3.05, 3.63) is 29.4 Å². The van der Waals surface area contributed by atoms with E-state index in [0.717, 1.165) is 6.20 Å². The molecule has 9 heteroatoms. The van der Waals surface area contributed by atoms with E-state index in [1.165, 1.54) is 25.3 Å². The van der Waals surface area contributed by atoms with E-state index < -0.39 is 10.0 Å². The molecule has 19 heavy (non-hydrogen) atoms. The number of aromatic nitrogens is 2. The third kappa shape index (κ3) is 2.74. The maximum absolute atomic E-state index is 12.0. The minimum absolute atomic E-state index is 0.0339.